The third-order valence-electron chi connectivity index (χ3n) is 4.25. The van der Waals surface area contributed by atoms with Crippen LogP contribution in [0.15, 0.2) is 11.3 Å². The van der Waals surface area contributed by atoms with Crippen LogP contribution in [0.1, 0.15) is 50.8 Å². The highest BCUT2D eigenvalue weighted by molar-refractivity contribution is 14.0. The van der Waals surface area contributed by atoms with Crippen molar-refractivity contribution in [3.05, 3.63) is 12.2 Å². The van der Waals surface area contributed by atoms with E-state index in [1.54, 1.807) is 13.4 Å². The van der Waals surface area contributed by atoms with Crippen molar-refractivity contribution in [3.8, 4) is 0 Å². The van der Waals surface area contributed by atoms with Crippen LogP contribution in [0.3, 0.4) is 0 Å². The zero-order chi connectivity index (χ0) is 14.9. The van der Waals surface area contributed by atoms with Gasteiger partial charge in [-0.3, -0.25) is 4.99 Å². The Morgan fingerprint density at radius 2 is 2.09 bits per heavy atom. The minimum Gasteiger partial charge on any atom is -0.356 e. The van der Waals surface area contributed by atoms with Crippen molar-refractivity contribution in [3.63, 3.8) is 0 Å². The van der Waals surface area contributed by atoms with Gasteiger partial charge in [-0.1, -0.05) is 32.1 Å². The first-order valence-electron chi connectivity index (χ1n) is 8.07. The van der Waals surface area contributed by atoms with E-state index in [2.05, 4.69) is 25.8 Å². The molecule has 0 unspecified atom stereocenters. The lowest BCUT2D eigenvalue weighted by Gasteiger charge is -2.21. The number of hydrogen-bond acceptors (Lipinski definition) is 3. The molecule has 1 fully saturated rings. The van der Waals surface area contributed by atoms with Crippen molar-refractivity contribution in [2.24, 2.45) is 18.0 Å². The Bertz CT molecular complexity index is 439. The lowest BCUT2D eigenvalue weighted by Crippen LogP contribution is -2.37. The number of nitrogens with one attached hydrogen (secondary N) is 2. The van der Waals surface area contributed by atoms with Crippen molar-refractivity contribution in [1.29, 1.82) is 0 Å². The molecule has 0 amide bonds. The molecule has 126 valence electrons. The van der Waals surface area contributed by atoms with Crippen LogP contribution in [-0.2, 0) is 13.6 Å². The summed E-state index contributed by atoms with van der Waals surface area (Å²) in [4.78, 5) is 4.24. The van der Waals surface area contributed by atoms with Crippen molar-refractivity contribution in [1.82, 2.24) is 25.4 Å². The predicted molar refractivity (Wildman–Crippen MR) is 100 cm³/mol. The first kappa shape index (κ1) is 19.2. The molecule has 6 nitrogen and oxygen atoms in total. The summed E-state index contributed by atoms with van der Waals surface area (Å²) < 4.78 is 1.91. The third kappa shape index (κ3) is 6.50. The molecular formula is C15H29IN6. The number of aryl methyl sites for hydroxylation is 1. The van der Waals surface area contributed by atoms with Crippen LogP contribution in [0.5, 0.6) is 0 Å². The average molecular weight is 420 g/mol. The Morgan fingerprint density at radius 3 is 2.73 bits per heavy atom. The maximum absolute atomic E-state index is 4.24. The largest absolute Gasteiger partial charge is 0.356 e. The summed E-state index contributed by atoms with van der Waals surface area (Å²) in [5, 5.41) is 14.6. The van der Waals surface area contributed by atoms with Crippen LogP contribution >= 0.6 is 24.0 Å². The number of halogens is 1. The smallest absolute Gasteiger partial charge is 0.191 e. The van der Waals surface area contributed by atoms with Crippen molar-refractivity contribution in [2.45, 2.75) is 51.5 Å². The molecule has 1 heterocycles. The Kier molecular flexibility index (Phi) is 9.42. The Labute approximate surface area is 150 Å². The molecule has 0 atom stereocenters. The number of aromatic nitrogens is 3. The number of nitrogens with zero attached hydrogens (tertiary/aromatic N) is 4. The molecule has 7 heteroatoms. The van der Waals surface area contributed by atoms with Gasteiger partial charge in [0.25, 0.3) is 0 Å². The summed E-state index contributed by atoms with van der Waals surface area (Å²) in [7, 11) is 3.74. The van der Waals surface area contributed by atoms with Gasteiger partial charge in [-0.2, -0.15) is 0 Å². The average Bonchev–Trinajstić information content (AvgIpc) is 2.93. The first-order valence-corrected chi connectivity index (χ1v) is 8.07. The van der Waals surface area contributed by atoms with E-state index in [-0.39, 0.29) is 24.0 Å². The van der Waals surface area contributed by atoms with E-state index < -0.39 is 0 Å². The van der Waals surface area contributed by atoms with Gasteiger partial charge in [-0.05, 0) is 18.8 Å². The molecule has 1 aliphatic carbocycles. The van der Waals surface area contributed by atoms with Crippen LogP contribution in [0, 0.1) is 5.92 Å². The summed E-state index contributed by atoms with van der Waals surface area (Å²) >= 11 is 0. The van der Waals surface area contributed by atoms with E-state index in [0.29, 0.717) is 6.54 Å². The predicted octanol–water partition coefficient (Wildman–Crippen LogP) is 2.46. The van der Waals surface area contributed by atoms with Crippen molar-refractivity contribution < 1.29 is 0 Å². The topological polar surface area (TPSA) is 67.1 Å². The fourth-order valence-electron chi connectivity index (χ4n) is 2.92. The van der Waals surface area contributed by atoms with Crippen LogP contribution in [0.4, 0.5) is 0 Å². The van der Waals surface area contributed by atoms with E-state index in [0.717, 1.165) is 24.2 Å². The Hall–Kier alpha value is -0.860. The standard InChI is InChI=1S/C15H28N6.HI/c1-16-15(18-11-14-20-19-12-21(14)2)17-10-6-9-13-7-4-3-5-8-13;/h12-13H,3-11H2,1-2H3,(H2,16,17,18);1H. The second-order valence-corrected chi connectivity index (χ2v) is 5.86. The molecule has 0 aromatic carbocycles. The summed E-state index contributed by atoms with van der Waals surface area (Å²) in [5.74, 6) is 2.69. The van der Waals surface area contributed by atoms with Crippen molar-refractivity contribution >= 4 is 29.9 Å². The molecule has 1 aliphatic rings. The zero-order valence-corrected chi connectivity index (χ0v) is 16.0. The second-order valence-electron chi connectivity index (χ2n) is 5.86. The summed E-state index contributed by atoms with van der Waals surface area (Å²) in [6, 6.07) is 0. The third-order valence-corrected chi connectivity index (χ3v) is 4.25. The van der Waals surface area contributed by atoms with Crippen LogP contribution in [0.25, 0.3) is 0 Å². The van der Waals surface area contributed by atoms with Crippen LogP contribution in [0.2, 0.25) is 0 Å². The van der Waals surface area contributed by atoms with Gasteiger partial charge >= 0.3 is 0 Å². The van der Waals surface area contributed by atoms with Gasteiger partial charge in [0, 0.05) is 20.6 Å². The lowest BCUT2D eigenvalue weighted by atomic mass is 9.86. The Balaban J connectivity index is 0.00000242. The van der Waals surface area contributed by atoms with Gasteiger partial charge in [0.1, 0.15) is 6.33 Å². The minimum atomic E-state index is 0. The van der Waals surface area contributed by atoms with E-state index in [1.165, 1.54) is 44.9 Å². The van der Waals surface area contributed by atoms with Gasteiger partial charge in [0.15, 0.2) is 11.8 Å². The highest BCUT2D eigenvalue weighted by Crippen LogP contribution is 2.26. The van der Waals surface area contributed by atoms with Gasteiger partial charge in [0.05, 0.1) is 6.54 Å². The minimum absolute atomic E-state index is 0. The van der Waals surface area contributed by atoms with Gasteiger partial charge < -0.3 is 15.2 Å². The molecule has 0 spiro atoms. The Morgan fingerprint density at radius 1 is 1.32 bits per heavy atom. The number of rotatable bonds is 6. The normalized spacial score (nSPS) is 16.2. The summed E-state index contributed by atoms with van der Waals surface area (Å²) in [6.45, 7) is 1.62. The van der Waals surface area contributed by atoms with Gasteiger partial charge in [-0.25, -0.2) is 0 Å². The molecule has 0 saturated heterocycles. The van der Waals surface area contributed by atoms with Crippen LogP contribution < -0.4 is 10.6 Å². The van der Waals surface area contributed by atoms with E-state index >= 15 is 0 Å². The quantitative estimate of drug-likeness (QED) is 0.321. The molecule has 0 radical (unpaired) electrons. The molecule has 0 bridgehead atoms. The molecule has 1 aromatic heterocycles. The SMILES string of the molecule is CN=C(NCCCC1CCCCC1)NCc1nncn1C.I. The highest BCUT2D eigenvalue weighted by atomic mass is 127. The zero-order valence-electron chi connectivity index (χ0n) is 13.7. The fraction of sp³-hybridized carbons (Fsp3) is 0.800. The second kappa shape index (κ2) is 10.8. The maximum Gasteiger partial charge on any atom is 0.191 e. The summed E-state index contributed by atoms with van der Waals surface area (Å²) in [5.41, 5.74) is 0. The molecule has 0 aliphatic heterocycles. The molecule has 1 saturated carbocycles. The van der Waals surface area contributed by atoms with Gasteiger partial charge in [-0.15, -0.1) is 34.2 Å². The first-order chi connectivity index (χ1) is 10.3. The van der Waals surface area contributed by atoms with E-state index in [4.69, 9.17) is 0 Å². The highest BCUT2D eigenvalue weighted by Gasteiger charge is 2.12. The molecule has 2 N–H and O–H groups in total. The number of guanidine groups is 1. The molecule has 22 heavy (non-hydrogen) atoms. The molecular weight excluding hydrogens is 391 g/mol. The monoisotopic (exact) mass is 420 g/mol. The summed E-state index contributed by atoms with van der Waals surface area (Å²) in [6.07, 6.45) is 11.4. The lowest BCUT2D eigenvalue weighted by molar-refractivity contribution is 0.332. The molecule has 2 rings (SSSR count). The number of aliphatic imine (C=N–C) groups is 1. The van der Waals surface area contributed by atoms with Crippen LogP contribution in [-0.4, -0.2) is 34.3 Å². The van der Waals surface area contributed by atoms with E-state index in [1.807, 2.05) is 11.6 Å². The molecule has 1 aromatic rings. The van der Waals surface area contributed by atoms with Gasteiger partial charge in [0.2, 0.25) is 0 Å². The van der Waals surface area contributed by atoms with Crippen molar-refractivity contribution in [2.75, 3.05) is 13.6 Å². The fourth-order valence-corrected chi connectivity index (χ4v) is 2.92. The number of hydrogen-bond donors (Lipinski definition) is 2. The maximum atomic E-state index is 4.24. The van der Waals surface area contributed by atoms with E-state index in [9.17, 15) is 0 Å².